The molecule has 1 aromatic rings. The van der Waals surface area contributed by atoms with Gasteiger partial charge in [0.15, 0.2) is 0 Å². The van der Waals surface area contributed by atoms with Gasteiger partial charge in [-0.2, -0.15) is 0 Å². The quantitative estimate of drug-likeness (QED) is 0.476. The standard InChI is InChI=1S/C16H21NO4/c1-11(2)20-13-9-7-12(8-10-13)5-3-4-6-14-15(18)21-16(19)17-14/h7-11,14H,3-6H2,1-2H3,(H,17,19). The maximum absolute atomic E-state index is 11.3. The number of hydrogen-bond acceptors (Lipinski definition) is 4. The first kappa shape index (κ1) is 15.4. The first-order valence-corrected chi connectivity index (χ1v) is 7.32. The molecule has 1 aliphatic heterocycles. The molecule has 1 aromatic carbocycles. The third-order valence-corrected chi connectivity index (χ3v) is 3.27. The van der Waals surface area contributed by atoms with Gasteiger partial charge in [-0.1, -0.05) is 18.6 Å². The van der Waals surface area contributed by atoms with Gasteiger partial charge >= 0.3 is 12.1 Å². The van der Waals surface area contributed by atoms with Crippen LogP contribution in [0.15, 0.2) is 24.3 Å². The first-order chi connectivity index (χ1) is 10.0. The van der Waals surface area contributed by atoms with E-state index in [1.54, 1.807) is 0 Å². The minimum Gasteiger partial charge on any atom is -0.491 e. The Kier molecular flexibility index (Phi) is 5.20. The SMILES string of the molecule is CC(C)Oc1ccc(CCCCC2NC(=O)OC2=O)cc1. The zero-order valence-corrected chi connectivity index (χ0v) is 12.4. The molecule has 21 heavy (non-hydrogen) atoms. The summed E-state index contributed by atoms with van der Waals surface area (Å²) in [4.78, 5) is 22.1. The summed E-state index contributed by atoms with van der Waals surface area (Å²) in [5.74, 6) is 0.417. The summed E-state index contributed by atoms with van der Waals surface area (Å²) in [6.07, 6.45) is 2.94. The Morgan fingerprint density at radius 3 is 2.48 bits per heavy atom. The van der Waals surface area contributed by atoms with Crippen LogP contribution in [0.5, 0.6) is 5.75 Å². The number of hydrogen-bond donors (Lipinski definition) is 1. The van der Waals surface area contributed by atoms with E-state index >= 15 is 0 Å². The van der Waals surface area contributed by atoms with Crippen molar-refractivity contribution in [2.45, 2.75) is 51.7 Å². The summed E-state index contributed by atoms with van der Waals surface area (Å²) < 4.78 is 10.0. The van der Waals surface area contributed by atoms with E-state index in [-0.39, 0.29) is 6.10 Å². The van der Waals surface area contributed by atoms with E-state index in [1.165, 1.54) is 5.56 Å². The number of carbonyl (C=O) groups is 2. The van der Waals surface area contributed by atoms with E-state index in [4.69, 9.17) is 4.74 Å². The topological polar surface area (TPSA) is 64.6 Å². The smallest absolute Gasteiger partial charge is 0.415 e. The molecule has 114 valence electrons. The van der Waals surface area contributed by atoms with Crippen LogP contribution in [-0.2, 0) is 16.0 Å². The van der Waals surface area contributed by atoms with Gasteiger partial charge in [-0.05, 0) is 50.8 Å². The highest BCUT2D eigenvalue weighted by atomic mass is 16.6. The molecular weight excluding hydrogens is 270 g/mol. The van der Waals surface area contributed by atoms with E-state index in [0.717, 1.165) is 25.0 Å². The number of benzene rings is 1. The van der Waals surface area contributed by atoms with Crippen LogP contribution in [0.1, 0.15) is 38.7 Å². The molecule has 5 nitrogen and oxygen atoms in total. The van der Waals surface area contributed by atoms with Gasteiger partial charge in [0.1, 0.15) is 11.8 Å². The fourth-order valence-corrected chi connectivity index (χ4v) is 2.27. The number of carbonyl (C=O) groups excluding carboxylic acids is 2. The molecule has 1 heterocycles. The minimum atomic E-state index is -0.634. The Hall–Kier alpha value is -2.04. The van der Waals surface area contributed by atoms with Crippen molar-refractivity contribution in [2.24, 2.45) is 0 Å². The normalized spacial score (nSPS) is 17.8. The Labute approximate surface area is 124 Å². The summed E-state index contributed by atoms with van der Waals surface area (Å²) in [5.41, 5.74) is 1.24. The van der Waals surface area contributed by atoms with Crippen molar-refractivity contribution >= 4 is 12.1 Å². The third-order valence-electron chi connectivity index (χ3n) is 3.27. The summed E-state index contributed by atoms with van der Waals surface area (Å²) in [6.45, 7) is 4.00. The van der Waals surface area contributed by atoms with Crippen molar-refractivity contribution in [3.05, 3.63) is 29.8 Å². The lowest BCUT2D eigenvalue weighted by Gasteiger charge is -2.10. The summed E-state index contributed by atoms with van der Waals surface area (Å²) >= 11 is 0. The zero-order valence-electron chi connectivity index (χ0n) is 12.4. The van der Waals surface area contributed by atoms with E-state index in [1.807, 2.05) is 26.0 Å². The molecule has 0 radical (unpaired) electrons. The molecule has 1 aliphatic rings. The maximum Gasteiger partial charge on any atom is 0.415 e. The Bertz CT molecular complexity index is 496. The van der Waals surface area contributed by atoms with Gasteiger partial charge in [0.25, 0.3) is 0 Å². The van der Waals surface area contributed by atoms with Crippen LogP contribution in [0.2, 0.25) is 0 Å². The average Bonchev–Trinajstić information content (AvgIpc) is 2.74. The number of cyclic esters (lactones) is 2. The largest absolute Gasteiger partial charge is 0.491 e. The van der Waals surface area contributed by atoms with Gasteiger partial charge < -0.3 is 14.8 Å². The maximum atomic E-state index is 11.3. The first-order valence-electron chi connectivity index (χ1n) is 7.32. The molecule has 0 aromatic heterocycles. The van der Waals surface area contributed by atoms with Crippen LogP contribution < -0.4 is 10.1 Å². The van der Waals surface area contributed by atoms with Gasteiger partial charge in [0, 0.05) is 0 Å². The van der Waals surface area contributed by atoms with Crippen LogP contribution in [-0.4, -0.2) is 24.2 Å². The van der Waals surface area contributed by atoms with E-state index in [9.17, 15) is 9.59 Å². The Morgan fingerprint density at radius 1 is 1.19 bits per heavy atom. The molecule has 1 amide bonds. The van der Waals surface area contributed by atoms with Crippen molar-refractivity contribution in [1.29, 1.82) is 0 Å². The lowest BCUT2D eigenvalue weighted by molar-refractivity contribution is -0.135. The highest BCUT2D eigenvalue weighted by molar-refractivity contribution is 5.95. The number of unbranched alkanes of at least 4 members (excludes halogenated alkanes) is 1. The predicted octanol–water partition coefficient (Wildman–Crippen LogP) is 2.82. The molecule has 2 rings (SSSR count). The van der Waals surface area contributed by atoms with Gasteiger partial charge in [0.2, 0.25) is 0 Å². The monoisotopic (exact) mass is 291 g/mol. The van der Waals surface area contributed by atoms with Crippen LogP contribution in [0.25, 0.3) is 0 Å². The van der Waals surface area contributed by atoms with E-state index in [2.05, 4.69) is 22.2 Å². The number of amides is 1. The number of ether oxygens (including phenoxy) is 2. The van der Waals surface area contributed by atoms with Crippen molar-refractivity contribution in [3.63, 3.8) is 0 Å². The molecule has 1 fully saturated rings. The molecule has 0 saturated carbocycles. The Balaban J connectivity index is 1.69. The number of rotatable bonds is 7. The highest BCUT2D eigenvalue weighted by Crippen LogP contribution is 2.16. The second kappa shape index (κ2) is 7.11. The van der Waals surface area contributed by atoms with Gasteiger partial charge in [-0.15, -0.1) is 0 Å². The third kappa shape index (κ3) is 4.77. The van der Waals surface area contributed by atoms with Crippen molar-refractivity contribution in [3.8, 4) is 5.75 Å². The number of alkyl carbamates (subject to hydrolysis) is 1. The second-order valence-corrected chi connectivity index (χ2v) is 5.46. The van der Waals surface area contributed by atoms with Gasteiger partial charge in [-0.3, -0.25) is 0 Å². The highest BCUT2D eigenvalue weighted by Gasteiger charge is 2.31. The van der Waals surface area contributed by atoms with Crippen LogP contribution in [0.3, 0.4) is 0 Å². The lowest BCUT2D eigenvalue weighted by Crippen LogP contribution is -2.28. The van der Waals surface area contributed by atoms with Crippen LogP contribution in [0.4, 0.5) is 4.79 Å². The molecule has 5 heteroatoms. The predicted molar refractivity (Wildman–Crippen MR) is 78.2 cm³/mol. The van der Waals surface area contributed by atoms with E-state index < -0.39 is 18.1 Å². The molecule has 0 spiro atoms. The molecule has 1 N–H and O–H groups in total. The van der Waals surface area contributed by atoms with Crippen molar-refractivity contribution in [1.82, 2.24) is 5.32 Å². The average molecular weight is 291 g/mol. The van der Waals surface area contributed by atoms with Gasteiger partial charge in [0.05, 0.1) is 6.10 Å². The molecular formula is C16H21NO4. The van der Waals surface area contributed by atoms with Crippen molar-refractivity contribution in [2.75, 3.05) is 0 Å². The lowest BCUT2D eigenvalue weighted by atomic mass is 10.0. The second-order valence-electron chi connectivity index (χ2n) is 5.46. The molecule has 0 bridgehead atoms. The van der Waals surface area contributed by atoms with E-state index in [0.29, 0.717) is 6.42 Å². The molecule has 1 unspecified atom stereocenters. The summed E-state index contributed by atoms with van der Waals surface area (Å²) in [5, 5.41) is 2.50. The fourth-order valence-electron chi connectivity index (χ4n) is 2.27. The zero-order chi connectivity index (χ0) is 15.2. The number of aryl methyl sites for hydroxylation is 1. The van der Waals surface area contributed by atoms with Crippen molar-refractivity contribution < 1.29 is 19.1 Å². The molecule has 1 saturated heterocycles. The van der Waals surface area contributed by atoms with Crippen LogP contribution >= 0.6 is 0 Å². The summed E-state index contributed by atoms with van der Waals surface area (Å²) in [6, 6.07) is 7.60. The van der Waals surface area contributed by atoms with Crippen LogP contribution in [0, 0.1) is 0 Å². The number of nitrogens with one attached hydrogen (secondary N) is 1. The summed E-state index contributed by atoms with van der Waals surface area (Å²) in [7, 11) is 0. The molecule has 1 atom stereocenters. The molecule has 0 aliphatic carbocycles. The minimum absolute atomic E-state index is 0.178. The fraction of sp³-hybridized carbons (Fsp3) is 0.500. The Morgan fingerprint density at radius 2 is 1.90 bits per heavy atom. The number of esters is 1. The van der Waals surface area contributed by atoms with Gasteiger partial charge in [-0.25, -0.2) is 9.59 Å².